The van der Waals surface area contributed by atoms with Gasteiger partial charge in [0.15, 0.2) is 4.21 Å². The van der Waals surface area contributed by atoms with Crippen LogP contribution < -0.4 is 9.47 Å². The number of ether oxygens (including phenoxy) is 2. The predicted molar refractivity (Wildman–Crippen MR) is 194 cm³/mol. The van der Waals surface area contributed by atoms with Gasteiger partial charge in [0, 0.05) is 40.1 Å². The Morgan fingerprint density at radius 3 is 1.86 bits per heavy atom. The van der Waals surface area contributed by atoms with E-state index in [2.05, 4.69) is 0 Å². The third kappa shape index (κ3) is 6.03. The van der Waals surface area contributed by atoms with E-state index in [0.29, 0.717) is 78.4 Å². The number of hydrogen-bond acceptors (Lipinski definition) is 9. The maximum absolute atomic E-state index is 14.1. The van der Waals surface area contributed by atoms with Gasteiger partial charge >= 0.3 is 10.1 Å². The average Bonchev–Trinajstić information content (AvgIpc) is 3.79. The van der Waals surface area contributed by atoms with Crippen molar-refractivity contribution in [3.8, 4) is 44.0 Å². The minimum absolute atomic E-state index is 0.00174. The van der Waals surface area contributed by atoms with Crippen molar-refractivity contribution in [3.05, 3.63) is 96.5 Å². The zero-order valence-electron chi connectivity index (χ0n) is 25.5. The van der Waals surface area contributed by atoms with E-state index in [1.165, 1.54) is 17.4 Å². The van der Waals surface area contributed by atoms with Crippen molar-refractivity contribution in [2.75, 3.05) is 13.2 Å². The lowest BCUT2D eigenvalue weighted by molar-refractivity contribution is -0.117. The predicted octanol–water partition coefficient (Wildman–Crippen LogP) is 8.60. The van der Waals surface area contributed by atoms with E-state index < -0.39 is 10.1 Å². The van der Waals surface area contributed by atoms with E-state index in [9.17, 15) is 17.8 Å². The number of ketones is 1. The van der Waals surface area contributed by atoms with Crippen LogP contribution in [-0.4, -0.2) is 51.5 Å². The number of fused-ring (bicyclic) bond motifs is 6. The Balaban J connectivity index is 1.22. The van der Waals surface area contributed by atoms with Crippen molar-refractivity contribution < 1.29 is 27.2 Å². The fourth-order valence-corrected chi connectivity index (χ4v) is 9.91. The topological polar surface area (TPSA) is 126 Å². The van der Waals surface area contributed by atoms with Gasteiger partial charge in [-0.2, -0.15) is 18.6 Å². The van der Waals surface area contributed by atoms with Crippen LogP contribution in [0, 0.1) is 0 Å². The summed E-state index contributed by atoms with van der Waals surface area (Å²) < 4.78 is 49.1. The second-order valence-corrected chi connectivity index (χ2v) is 16.8. The number of thiophene rings is 2. The summed E-state index contributed by atoms with van der Waals surface area (Å²) in [4.78, 5) is 15.4. The summed E-state index contributed by atoms with van der Waals surface area (Å²) >= 11 is 28.1. The summed E-state index contributed by atoms with van der Waals surface area (Å²) in [6.45, 7) is 0.595. The van der Waals surface area contributed by atoms with Crippen LogP contribution >= 0.6 is 69.1 Å². The van der Waals surface area contributed by atoms with Gasteiger partial charge in [-0.25, -0.2) is 9.36 Å². The molecule has 4 aromatic heterocycles. The van der Waals surface area contributed by atoms with E-state index in [4.69, 9.17) is 66.1 Å². The molecule has 0 unspecified atom stereocenters. The highest BCUT2D eigenvalue weighted by Crippen LogP contribution is 2.46. The zero-order valence-corrected chi connectivity index (χ0v) is 30.9. The lowest BCUT2D eigenvalue weighted by Gasteiger charge is -2.10. The number of carbonyl (C=O) groups is 1. The molecule has 8 rings (SSSR count). The summed E-state index contributed by atoms with van der Waals surface area (Å²) in [6.07, 6.45) is 0.844. The molecule has 6 aromatic rings. The smallest absolute Gasteiger partial charge is 0.304 e. The molecule has 17 heteroatoms. The van der Waals surface area contributed by atoms with Crippen LogP contribution in [0.4, 0.5) is 0 Å². The molecule has 0 fully saturated rings. The van der Waals surface area contributed by atoms with E-state index in [-0.39, 0.29) is 35.2 Å². The zero-order chi connectivity index (χ0) is 34.9. The normalized spacial score (nSPS) is 13.7. The van der Waals surface area contributed by atoms with Crippen LogP contribution in [0.2, 0.25) is 20.1 Å². The Kier molecular flexibility index (Phi) is 8.75. The molecule has 6 heterocycles. The van der Waals surface area contributed by atoms with Crippen LogP contribution in [0.25, 0.3) is 32.5 Å². The van der Waals surface area contributed by atoms with Gasteiger partial charge in [-0.05, 0) is 47.8 Å². The van der Waals surface area contributed by atoms with Crippen LogP contribution in [0.1, 0.15) is 22.5 Å². The van der Waals surface area contributed by atoms with Gasteiger partial charge in [-0.1, -0.05) is 46.4 Å². The van der Waals surface area contributed by atoms with Gasteiger partial charge in [0.1, 0.15) is 17.3 Å². The van der Waals surface area contributed by atoms with Crippen molar-refractivity contribution in [2.45, 2.75) is 29.9 Å². The van der Waals surface area contributed by atoms with E-state index in [0.717, 1.165) is 33.2 Å². The Morgan fingerprint density at radius 1 is 0.780 bits per heavy atom. The monoisotopic (exact) mass is 806 g/mol. The van der Waals surface area contributed by atoms with Gasteiger partial charge < -0.3 is 9.47 Å². The molecule has 0 radical (unpaired) electrons. The van der Waals surface area contributed by atoms with Crippen molar-refractivity contribution in [2.24, 2.45) is 0 Å². The molecule has 0 spiro atoms. The van der Waals surface area contributed by atoms with Crippen LogP contribution in [0.3, 0.4) is 0 Å². The fraction of sp³-hybridized carbons (Fsp3) is 0.182. The van der Waals surface area contributed by atoms with Gasteiger partial charge in [-0.15, -0.1) is 22.7 Å². The molecule has 0 saturated carbocycles. The highest BCUT2D eigenvalue weighted by Gasteiger charge is 2.32. The lowest BCUT2D eigenvalue weighted by Crippen LogP contribution is -2.12. The molecule has 10 nitrogen and oxygen atoms in total. The number of aromatic nitrogens is 4. The number of nitrogens with zero attached hydrogens (tertiary/aromatic N) is 4. The van der Waals surface area contributed by atoms with Crippen molar-refractivity contribution in [1.82, 2.24) is 19.6 Å². The number of carbonyl (C=O) groups excluding carboxylic acids is 1. The maximum Gasteiger partial charge on any atom is 0.304 e. The molecule has 0 bridgehead atoms. The average molecular weight is 809 g/mol. The fourth-order valence-electron chi connectivity index (χ4n) is 6.22. The first-order valence-corrected chi connectivity index (χ1v) is 19.7. The Bertz CT molecular complexity index is 2470. The largest absolute Gasteiger partial charge is 0.492 e. The Hall–Kier alpha value is -3.40. The third-order valence-electron chi connectivity index (χ3n) is 8.35. The van der Waals surface area contributed by atoms with Gasteiger partial charge in [0.2, 0.25) is 0 Å². The minimum Gasteiger partial charge on any atom is -0.492 e. The number of hydrogen-bond donors (Lipinski definition) is 1. The first-order chi connectivity index (χ1) is 24.0. The van der Waals surface area contributed by atoms with E-state index in [1.54, 1.807) is 45.8 Å². The Morgan fingerprint density at radius 2 is 1.32 bits per heavy atom. The first-order valence-electron chi connectivity index (χ1n) is 15.1. The molecule has 0 amide bonds. The highest BCUT2D eigenvalue weighted by atomic mass is 35.5. The van der Waals surface area contributed by atoms with Crippen LogP contribution in [0.15, 0.2) is 58.1 Å². The van der Waals surface area contributed by atoms with Gasteiger partial charge in [0.25, 0.3) is 0 Å². The van der Waals surface area contributed by atoms with Crippen LogP contribution in [-0.2, 0) is 40.6 Å². The molecular formula is C33H22Cl4N4O6S3. The summed E-state index contributed by atoms with van der Waals surface area (Å²) in [5.74, 6) is 0.857. The molecule has 2 aliphatic rings. The van der Waals surface area contributed by atoms with Gasteiger partial charge in [-0.3, -0.25) is 9.35 Å². The van der Waals surface area contributed by atoms with Crippen LogP contribution in [0.5, 0.6) is 11.5 Å². The molecule has 2 aliphatic heterocycles. The van der Waals surface area contributed by atoms with Crippen molar-refractivity contribution in [3.63, 3.8) is 0 Å². The summed E-state index contributed by atoms with van der Waals surface area (Å²) in [5.41, 5.74) is 5.06. The molecule has 1 N–H and O–H groups in total. The number of benzene rings is 2. The highest BCUT2D eigenvalue weighted by molar-refractivity contribution is 7.88. The minimum atomic E-state index is -4.52. The summed E-state index contributed by atoms with van der Waals surface area (Å²) in [7, 11) is -4.52. The molecule has 256 valence electrons. The first kappa shape index (κ1) is 33.7. The third-order valence-corrected chi connectivity index (χ3v) is 12.8. The molecular weight excluding hydrogens is 786 g/mol. The van der Waals surface area contributed by atoms with E-state index >= 15 is 0 Å². The SMILES string of the molecule is O=C(Cc1nn(-c2ccc(Cl)cc2Cl)c2c1CCOc1ccsc1-2)Cc1nn(-c2ccc(Cl)cc2Cl)c2c1CCOc1cc(S(=O)(=O)O)sc1-2. The lowest BCUT2D eigenvalue weighted by atomic mass is 10.0. The molecule has 0 saturated heterocycles. The molecule has 0 aliphatic carbocycles. The maximum atomic E-state index is 14.1. The standard InChI is InChI=1S/C33H22Cl4N4O6S3/c34-16-1-3-25(21(36)11-16)40-30-19(5-8-46-27-7-10-48-32(27)30)23(38-40)13-18(42)14-24-20-6-9-47-28-15-29(50(43,44)45)49-33(28)31(20)41(39-24)26-4-2-17(35)12-22(26)37/h1-4,7,10-12,15H,5-6,8-9,13-14H2,(H,43,44,45). The second-order valence-electron chi connectivity index (χ2n) is 11.5. The summed E-state index contributed by atoms with van der Waals surface area (Å²) in [6, 6.07) is 13.3. The quantitative estimate of drug-likeness (QED) is 0.159. The second kappa shape index (κ2) is 13.0. The van der Waals surface area contributed by atoms with Crippen molar-refractivity contribution in [1.29, 1.82) is 0 Å². The number of rotatable bonds is 7. The van der Waals surface area contributed by atoms with E-state index in [1.807, 2.05) is 11.4 Å². The molecule has 2 aromatic carbocycles. The molecule has 50 heavy (non-hydrogen) atoms. The Labute approximate surface area is 313 Å². The summed E-state index contributed by atoms with van der Waals surface area (Å²) in [5, 5.41) is 13.4. The molecule has 0 atom stereocenters. The number of halogens is 4. The van der Waals surface area contributed by atoms with Gasteiger partial charge in [0.05, 0.1) is 80.0 Å². The number of Topliss-reactive ketones (excluding diaryl/α,β-unsaturated/α-hetero) is 1. The van der Waals surface area contributed by atoms with Crippen molar-refractivity contribution >= 4 is 85.0 Å².